The molecule has 5 heteroatoms. The SMILES string of the molecule is COc1ccc2cc(Br)ccc2c1.COc1ccc2cc(C(=O)c3ccc(SC)cc3)ccc2c1. The summed E-state index contributed by atoms with van der Waals surface area (Å²) in [7, 11) is 3.33. The number of methoxy groups -OCH3 is 2. The lowest BCUT2D eigenvalue weighted by Crippen LogP contribution is -2.00. The van der Waals surface area contributed by atoms with Crippen molar-refractivity contribution in [1.82, 2.24) is 0 Å². The fourth-order valence-electron chi connectivity index (χ4n) is 3.72. The summed E-state index contributed by atoms with van der Waals surface area (Å²) < 4.78 is 11.5. The van der Waals surface area contributed by atoms with Gasteiger partial charge in [0.2, 0.25) is 0 Å². The van der Waals surface area contributed by atoms with Crippen LogP contribution in [0.2, 0.25) is 0 Å². The fraction of sp³-hybridized carbons (Fsp3) is 0.100. The molecule has 0 spiro atoms. The number of carbonyl (C=O) groups is 1. The van der Waals surface area contributed by atoms with Crippen LogP contribution in [0.4, 0.5) is 0 Å². The minimum absolute atomic E-state index is 0.0466. The Morgan fingerprint density at radius 1 is 0.629 bits per heavy atom. The van der Waals surface area contributed by atoms with Crippen LogP contribution >= 0.6 is 27.7 Å². The van der Waals surface area contributed by atoms with Crippen LogP contribution in [0.25, 0.3) is 21.5 Å². The van der Waals surface area contributed by atoms with Gasteiger partial charge in [-0.05, 0) is 94.5 Å². The number of thioether (sulfide) groups is 1. The Bertz CT molecular complexity index is 1480. The third-order valence-corrected chi connectivity index (χ3v) is 6.91. The molecule has 0 saturated carbocycles. The number of halogens is 1. The molecule has 5 aromatic rings. The largest absolute Gasteiger partial charge is 0.497 e. The molecule has 3 nitrogen and oxygen atoms in total. The second-order valence-corrected chi connectivity index (χ2v) is 9.64. The van der Waals surface area contributed by atoms with Crippen molar-refractivity contribution in [2.75, 3.05) is 20.5 Å². The molecule has 0 unspecified atom stereocenters. The number of fused-ring (bicyclic) bond motifs is 2. The van der Waals surface area contributed by atoms with Gasteiger partial charge in [0.05, 0.1) is 14.2 Å². The third-order valence-electron chi connectivity index (χ3n) is 5.67. The van der Waals surface area contributed by atoms with Gasteiger partial charge in [-0.15, -0.1) is 11.8 Å². The second-order valence-electron chi connectivity index (χ2n) is 7.84. The maximum atomic E-state index is 12.6. The summed E-state index contributed by atoms with van der Waals surface area (Å²) in [5, 5.41) is 4.51. The number of hydrogen-bond donors (Lipinski definition) is 0. The lowest BCUT2D eigenvalue weighted by molar-refractivity contribution is 0.103. The van der Waals surface area contributed by atoms with Crippen LogP contribution in [0, 0.1) is 0 Å². The van der Waals surface area contributed by atoms with Crippen LogP contribution in [-0.4, -0.2) is 26.3 Å². The summed E-state index contributed by atoms with van der Waals surface area (Å²) in [5.41, 5.74) is 1.42. The smallest absolute Gasteiger partial charge is 0.193 e. The van der Waals surface area contributed by atoms with E-state index < -0.39 is 0 Å². The highest BCUT2D eigenvalue weighted by molar-refractivity contribution is 9.10. The molecule has 5 aromatic carbocycles. The molecule has 0 aliphatic rings. The second kappa shape index (κ2) is 11.4. The predicted octanol–water partition coefficient (Wildman–Crippen LogP) is 8.41. The Balaban J connectivity index is 0.000000189. The van der Waals surface area contributed by atoms with Gasteiger partial charge in [0.15, 0.2) is 5.78 Å². The Hall–Kier alpha value is -3.28. The van der Waals surface area contributed by atoms with E-state index in [1.54, 1.807) is 26.0 Å². The van der Waals surface area contributed by atoms with E-state index in [0.29, 0.717) is 11.1 Å². The van der Waals surface area contributed by atoms with E-state index in [2.05, 4.69) is 34.1 Å². The molecule has 0 radical (unpaired) electrons. The minimum Gasteiger partial charge on any atom is -0.497 e. The molecule has 0 N–H and O–H groups in total. The minimum atomic E-state index is 0.0466. The highest BCUT2D eigenvalue weighted by Crippen LogP contribution is 2.25. The zero-order valence-electron chi connectivity index (χ0n) is 19.7. The first kappa shape index (κ1) is 24.8. The number of ketones is 1. The number of rotatable bonds is 5. The van der Waals surface area contributed by atoms with Crippen molar-refractivity contribution in [3.63, 3.8) is 0 Å². The fourth-order valence-corrected chi connectivity index (χ4v) is 4.51. The van der Waals surface area contributed by atoms with E-state index in [1.807, 2.05) is 85.1 Å². The molecule has 5 rings (SSSR count). The van der Waals surface area contributed by atoms with E-state index in [9.17, 15) is 4.79 Å². The predicted molar refractivity (Wildman–Crippen MR) is 150 cm³/mol. The molecular weight excluding hydrogens is 520 g/mol. The number of benzene rings is 5. The topological polar surface area (TPSA) is 35.5 Å². The van der Waals surface area contributed by atoms with E-state index in [4.69, 9.17) is 9.47 Å². The van der Waals surface area contributed by atoms with Crippen LogP contribution in [0.1, 0.15) is 15.9 Å². The third kappa shape index (κ3) is 6.05. The lowest BCUT2D eigenvalue weighted by Gasteiger charge is -2.06. The van der Waals surface area contributed by atoms with E-state index in [-0.39, 0.29) is 5.78 Å². The van der Waals surface area contributed by atoms with Crippen LogP contribution in [0.3, 0.4) is 0 Å². The number of carbonyl (C=O) groups excluding carboxylic acids is 1. The molecule has 0 heterocycles. The van der Waals surface area contributed by atoms with Crippen LogP contribution in [-0.2, 0) is 0 Å². The van der Waals surface area contributed by atoms with Gasteiger partial charge in [0.1, 0.15) is 11.5 Å². The van der Waals surface area contributed by atoms with Crippen molar-refractivity contribution < 1.29 is 14.3 Å². The highest BCUT2D eigenvalue weighted by atomic mass is 79.9. The number of ether oxygens (including phenoxy) is 2. The van der Waals surface area contributed by atoms with Crippen molar-refractivity contribution in [1.29, 1.82) is 0 Å². The van der Waals surface area contributed by atoms with Crippen LogP contribution in [0.15, 0.2) is 106 Å². The molecule has 0 aliphatic carbocycles. The molecule has 0 aromatic heterocycles. The summed E-state index contributed by atoms with van der Waals surface area (Å²) in [6, 6.07) is 31.6. The first-order chi connectivity index (χ1) is 17.0. The van der Waals surface area contributed by atoms with Crippen molar-refractivity contribution in [2.24, 2.45) is 0 Å². The molecule has 0 fully saturated rings. The quantitative estimate of drug-likeness (QED) is 0.164. The normalized spacial score (nSPS) is 10.5. The van der Waals surface area contributed by atoms with Crippen molar-refractivity contribution >= 4 is 55.0 Å². The lowest BCUT2D eigenvalue weighted by atomic mass is 10.00. The monoisotopic (exact) mass is 544 g/mol. The van der Waals surface area contributed by atoms with Gasteiger partial charge >= 0.3 is 0 Å². The van der Waals surface area contributed by atoms with Gasteiger partial charge in [-0.3, -0.25) is 4.79 Å². The Kier molecular flexibility index (Phi) is 8.11. The van der Waals surface area contributed by atoms with Crippen molar-refractivity contribution in [3.8, 4) is 11.5 Å². The van der Waals surface area contributed by atoms with Gasteiger partial charge in [-0.2, -0.15) is 0 Å². The van der Waals surface area contributed by atoms with Crippen molar-refractivity contribution in [2.45, 2.75) is 4.90 Å². The molecule has 0 amide bonds. The Morgan fingerprint density at radius 3 is 1.69 bits per heavy atom. The molecule has 35 heavy (non-hydrogen) atoms. The van der Waals surface area contributed by atoms with Crippen LogP contribution in [0.5, 0.6) is 11.5 Å². The van der Waals surface area contributed by atoms with Gasteiger partial charge in [-0.1, -0.05) is 46.3 Å². The van der Waals surface area contributed by atoms with Crippen LogP contribution < -0.4 is 9.47 Å². The summed E-state index contributed by atoms with van der Waals surface area (Å²) in [6.45, 7) is 0. The van der Waals surface area contributed by atoms with Gasteiger partial charge in [0.25, 0.3) is 0 Å². The average Bonchev–Trinajstić information content (AvgIpc) is 2.92. The zero-order chi connectivity index (χ0) is 24.8. The van der Waals surface area contributed by atoms with Gasteiger partial charge < -0.3 is 9.47 Å². The molecule has 0 atom stereocenters. The van der Waals surface area contributed by atoms with Gasteiger partial charge in [-0.25, -0.2) is 0 Å². The zero-order valence-corrected chi connectivity index (χ0v) is 22.2. The Morgan fingerprint density at radius 2 is 1.11 bits per heavy atom. The van der Waals surface area contributed by atoms with Gasteiger partial charge in [0, 0.05) is 20.5 Å². The molecule has 0 aliphatic heterocycles. The first-order valence-electron chi connectivity index (χ1n) is 11.0. The number of hydrogen-bond acceptors (Lipinski definition) is 4. The summed E-state index contributed by atoms with van der Waals surface area (Å²) in [4.78, 5) is 13.7. The maximum Gasteiger partial charge on any atom is 0.193 e. The van der Waals surface area contributed by atoms with E-state index in [0.717, 1.165) is 31.6 Å². The molecular formula is C30H25BrO3S. The van der Waals surface area contributed by atoms with Crippen molar-refractivity contribution in [3.05, 3.63) is 113 Å². The van der Waals surface area contributed by atoms with E-state index in [1.165, 1.54) is 10.8 Å². The maximum absolute atomic E-state index is 12.6. The Labute approximate surface area is 218 Å². The highest BCUT2D eigenvalue weighted by Gasteiger charge is 2.10. The summed E-state index contributed by atoms with van der Waals surface area (Å²) in [5.74, 6) is 1.76. The first-order valence-corrected chi connectivity index (χ1v) is 13.0. The standard InChI is InChI=1S/C19H16O2S.C11H9BrO/c1-21-17-8-5-14-11-16(4-3-15(14)12-17)19(20)13-6-9-18(22-2)10-7-13;1-13-11-5-3-8-6-10(12)4-2-9(8)7-11/h3-12H,1-2H3;2-7H,1H3. The van der Waals surface area contributed by atoms with E-state index >= 15 is 0 Å². The molecule has 0 saturated heterocycles. The molecule has 0 bridgehead atoms. The summed E-state index contributed by atoms with van der Waals surface area (Å²) in [6.07, 6.45) is 2.02. The average molecular weight is 545 g/mol. The summed E-state index contributed by atoms with van der Waals surface area (Å²) >= 11 is 5.10. The molecule has 176 valence electrons.